The standard InChI is InChI=1S/C5H13NOS/c1-2-8-4-5(7)3-6/h5,7H,2-4,6H2,1H3/t5-/m1/s1. The van der Waals surface area contributed by atoms with Crippen molar-refractivity contribution in [3.8, 4) is 0 Å². The van der Waals surface area contributed by atoms with Crippen LogP contribution in [0.4, 0.5) is 0 Å². The Labute approximate surface area is 54.5 Å². The lowest BCUT2D eigenvalue weighted by Gasteiger charge is -2.03. The van der Waals surface area contributed by atoms with E-state index < -0.39 is 0 Å². The quantitative estimate of drug-likeness (QED) is 0.573. The van der Waals surface area contributed by atoms with Gasteiger partial charge in [0.15, 0.2) is 0 Å². The molecule has 0 aromatic heterocycles. The van der Waals surface area contributed by atoms with Gasteiger partial charge in [-0.1, -0.05) is 6.92 Å². The largest absolute Gasteiger partial charge is 0.391 e. The van der Waals surface area contributed by atoms with Crippen LogP contribution in [0.5, 0.6) is 0 Å². The molecule has 0 saturated carbocycles. The summed E-state index contributed by atoms with van der Waals surface area (Å²) in [6, 6.07) is 0. The maximum atomic E-state index is 8.84. The minimum Gasteiger partial charge on any atom is -0.391 e. The first-order chi connectivity index (χ1) is 3.81. The van der Waals surface area contributed by atoms with E-state index in [1.54, 1.807) is 11.8 Å². The summed E-state index contributed by atoms with van der Waals surface area (Å²) in [6.45, 7) is 2.45. The summed E-state index contributed by atoms with van der Waals surface area (Å²) < 4.78 is 0. The van der Waals surface area contributed by atoms with Crippen molar-refractivity contribution in [1.29, 1.82) is 0 Å². The van der Waals surface area contributed by atoms with Crippen LogP contribution in [0.3, 0.4) is 0 Å². The summed E-state index contributed by atoms with van der Waals surface area (Å²) in [5, 5.41) is 8.84. The van der Waals surface area contributed by atoms with Gasteiger partial charge in [0.25, 0.3) is 0 Å². The highest BCUT2D eigenvalue weighted by Gasteiger charge is 1.97. The van der Waals surface area contributed by atoms with E-state index in [1.807, 2.05) is 0 Å². The van der Waals surface area contributed by atoms with Crippen molar-refractivity contribution in [3.63, 3.8) is 0 Å². The van der Waals surface area contributed by atoms with E-state index in [1.165, 1.54) is 0 Å². The first-order valence-corrected chi connectivity index (χ1v) is 3.92. The van der Waals surface area contributed by atoms with Gasteiger partial charge in [-0.3, -0.25) is 0 Å². The van der Waals surface area contributed by atoms with Crippen LogP contribution >= 0.6 is 11.8 Å². The molecule has 0 bridgehead atoms. The Morgan fingerprint density at radius 3 is 2.75 bits per heavy atom. The Hall–Kier alpha value is 0.270. The fourth-order valence-electron chi connectivity index (χ4n) is 0.322. The van der Waals surface area contributed by atoms with Gasteiger partial charge in [-0.2, -0.15) is 11.8 Å². The molecule has 0 aliphatic rings. The number of rotatable bonds is 4. The molecular weight excluding hydrogens is 122 g/mol. The van der Waals surface area contributed by atoms with E-state index in [0.29, 0.717) is 6.54 Å². The topological polar surface area (TPSA) is 46.2 Å². The van der Waals surface area contributed by atoms with Gasteiger partial charge in [0, 0.05) is 12.3 Å². The van der Waals surface area contributed by atoms with Crippen LogP contribution in [0.2, 0.25) is 0 Å². The zero-order valence-electron chi connectivity index (χ0n) is 5.13. The lowest BCUT2D eigenvalue weighted by atomic mass is 10.4. The summed E-state index contributed by atoms with van der Waals surface area (Å²) >= 11 is 1.71. The molecule has 0 radical (unpaired) electrons. The van der Waals surface area contributed by atoms with Crippen LogP contribution in [0, 0.1) is 0 Å². The molecule has 0 saturated heterocycles. The van der Waals surface area contributed by atoms with Crippen molar-refractivity contribution < 1.29 is 5.11 Å². The van der Waals surface area contributed by atoms with E-state index in [0.717, 1.165) is 11.5 Å². The highest BCUT2D eigenvalue weighted by atomic mass is 32.2. The van der Waals surface area contributed by atoms with Crippen LogP contribution in [0.15, 0.2) is 0 Å². The maximum absolute atomic E-state index is 8.84. The van der Waals surface area contributed by atoms with Gasteiger partial charge in [-0.05, 0) is 5.75 Å². The van der Waals surface area contributed by atoms with Gasteiger partial charge >= 0.3 is 0 Å². The normalized spacial score (nSPS) is 13.9. The average molecular weight is 135 g/mol. The number of aliphatic hydroxyl groups is 1. The number of thioether (sulfide) groups is 1. The van der Waals surface area contributed by atoms with Gasteiger partial charge < -0.3 is 10.8 Å². The molecule has 0 amide bonds. The Bertz CT molecular complexity index is 51.7. The van der Waals surface area contributed by atoms with Crippen LogP contribution in [0.25, 0.3) is 0 Å². The molecule has 0 spiro atoms. The molecule has 8 heavy (non-hydrogen) atoms. The third-order valence-electron chi connectivity index (χ3n) is 0.786. The van der Waals surface area contributed by atoms with Gasteiger partial charge in [-0.25, -0.2) is 0 Å². The molecule has 0 aromatic rings. The predicted octanol–water partition coefficient (Wildman–Crippen LogP) is 0.0591. The molecular formula is C5H13NOS. The van der Waals surface area contributed by atoms with E-state index in [-0.39, 0.29) is 6.10 Å². The monoisotopic (exact) mass is 135 g/mol. The zero-order valence-corrected chi connectivity index (χ0v) is 5.95. The Morgan fingerprint density at radius 2 is 2.38 bits per heavy atom. The van der Waals surface area contributed by atoms with Crippen molar-refractivity contribution in [2.75, 3.05) is 18.1 Å². The molecule has 3 heteroatoms. The van der Waals surface area contributed by atoms with Crippen LogP contribution in [-0.2, 0) is 0 Å². The van der Waals surface area contributed by atoms with Gasteiger partial charge in [0.1, 0.15) is 0 Å². The van der Waals surface area contributed by atoms with E-state index in [4.69, 9.17) is 10.8 Å². The van der Waals surface area contributed by atoms with E-state index >= 15 is 0 Å². The van der Waals surface area contributed by atoms with E-state index in [9.17, 15) is 0 Å². The first-order valence-electron chi connectivity index (χ1n) is 2.77. The van der Waals surface area contributed by atoms with Crippen LogP contribution in [-0.4, -0.2) is 29.3 Å². The summed E-state index contributed by atoms with van der Waals surface area (Å²) in [4.78, 5) is 0. The predicted molar refractivity (Wildman–Crippen MR) is 38.1 cm³/mol. The van der Waals surface area contributed by atoms with Crippen molar-refractivity contribution in [1.82, 2.24) is 0 Å². The highest BCUT2D eigenvalue weighted by molar-refractivity contribution is 7.99. The Morgan fingerprint density at radius 1 is 1.75 bits per heavy atom. The fourth-order valence-corrected chi connectivity index (χ4v) is 0.966. The second-order valence-electron chi connectivity index (χ2n) is 1.55. The minimum absolute atomic E-state index is 0.306. The molecule has 1 atom stereocenters. The molecule has 3 N–H and O–H groups in total. The zero-order chi connectivity index (χ0) is 6.41. The second-order valence-corrected chi connectivity index (χ2v) is 2.87. The number of nitrogens with two attached hydrogens (primary N) is 1. The Kier molecular flexibility index (Phi) is 5.59. The Balaban J connectivity index is 2.86. The fraction of sp³-hybridized carbons (Fsp3) is 1.00. The lowest BCUT2D eigenvalue weighted by Crippen LogP contribution is -2.21. The number of hydrogen-bond donors (Lipinski definition) is 2. The van der Waals surface area contributed by atoms with Gasteiger partial charge in [0.05, 0.1) is 6.10 Å². The van der Waals surface area contributed by atoms with Crippen molar-refractivity contribution >= 4 is 11.8 Å². The molecule has 50 valence electrons. The molecule has 0 aliphatic carbocycles. The van der Waals surface area contributed by atoms with Crippen molar-refractivity contribution in [3.05, 3.63) is 0 Å². The summed E-state index contributed by atoms with van der Waals surface area (Å²) in [5.74, 6) is 1.82. The van der Waals surface area contributed by atoms with Gasteiger partial charge in [0.2, 0.25) is 0 Å². The highest BCUT2D eigenvalue weighted by Crippen LogP contribution is 1.99. The number of aliphatic hydroxyl groups excluding tert-OH is 1. The summed E-state index contributed by atoms with van der Waals surface area (Å²) in [7, 11) is 0. The summed E-state index contributed by atoms with van der Waals surface area (Å²) in [6.07, 6.45) is -0.306. The van der Waals surface area contributed by atoms with Crippen molar-refractivity contribution in [2.45, 2.75) is 13.0 Å². The SMILES string of the molecule is CCSC[C@H](O)CN. The minimum atomic E-state index is -0.306. The van der Waals surface area contributed by atoms with E-state index in [2.05, 4.69) is 6.92 Å². The maximum Gasteiger partial charge on any atom is 0.0752 e. The van der Waals surface area contributed by atoms with Crippen LogP contribution in [0.1, 0.15) is 6.92 Å². The molecule has 0 heterocycles. The smallest absolute Gasteiger partial charge is 0.0752 e. The van der Waals surface area contributed by atoms with Crippen molar-refractivity contribution in [2.24, 2.45) is 5.73 Å². The van der Waals surface area contributed by atoms with Gasteiger partial charge in [-0.15, -0.1) is 0 Å². The summed E-state index contributed by atoms with van der Waals surface area (Å²) in [5.41, 5.74) is 5.15. The average Bonchev–Trinajstić information content (AvgIpc) is 1.83. The molecule has 0 fully saturated rings. The molecule has 2 nitrogen and oxygen atoms in total. The molecule has 0 aliphatic heterocycles. The lowest BCUT2D eigenvalue weighted by molar-refractivity contribution is 0.208. The first kappa shape index (κ1) is 8.27. The number of hydrogen-bond acceptors (Lipinski definition) is 3. The third kappa shape index (κ3) is 4.43. The molecule has 0 aromatic carbocycles. The second kappa shape index (κ2) is 5.41. The molecule has 0 rings (SSSR count). The van der Waals surface area contributed by atoms with Crippen LogP contribution < -0.4 is 5.73 Å². The molecule has 0 unspecified atom stereocenters. The third-order valence-corrected chi connectivity index (χ3v) is 1.82.